The minimum atomic E-state index is -0.439. The second-order valence-electron chi connectivity index (χ2n) is 7.29. The highest BCUT2D eigenvalue weighted by Crippen LogP contribution is 2.31. The van der Waals surface area contributed by atoms with Crippen molar-refractivity contribution in [2.24, 2.45) is 5.10 Å². The van der Waals surface area contributed by atoms with Crippen LogP contribution in [0.15, 0.2) is 52.0 Å². The number of halogens is 3. The van der Waals surface area contributed by atoms with Gasteiger partial charge in [0.25, 0.3) is 11.8 Å². The first-order chi connectivity index (χ1) is 15.3. The molecule has 1 aliphatic carbocycles. The molecule has 32 heavy (non-hydrogen) atoms. The summed E-state index contributed by atoms with van der Waals surface area (Å²) in [5.74, 6) is 0.0434. The minimum Gasteiger partial charge on any atom is -0.455 e. The van der Waals surface area contributed by atoms with Crippen LogP contribution in [-0.4, -0.2) is 17.5 Å². The van der Waals surface area contributed by atoms with E-state index >= 15 is 0 Å². The van der Waals surface area contributed by atoms with Gasteiger partial charge in [-0.05, 0) is 62.2 Å². The van der Waals surface area contributed by atoms with Crippen molar-refractivity contribution in [2.75, 3.05) is 5.32 Å². The molecular formula is C23H18Cl3N3O3. The van der Waals surface area contributed by atoms with Gasteiger partial charge < -0.3 is 9.73 Å². The lowest BCUT2D eigenvalue weighted by Gasteiger charge is -2.13. The lowest BCUT2D eigenvalue weighted by Crippen LogP contribution is -2.22. The van der Waals surface area contributed by atoms with Crippen LogP contribution in [0.4, 0.5) is 5.69 Å². The number of fused-ring (bicyclic) bond motifs is 1. The molecule has 0 aliphatic heterocycles. The Morgan fingerprint density at radius 1 is 0.969 bits per heavy atom. The predicted molar refractivity (Wildman–Crippen MR) is 126 cm³/mol. The first kappa shape index (κ1) is 22.4. The number of amides is 2. The Hall–Kier alpha value is -2.80. The minimum absolute atomic E-state index is 0.171. The highest BCUT2D eigenvalue weighted by Gasteiger charge is 2.28. The third-order valence-electron chi connectivity index (χ3n) is 5.11. The van der Waals surface area contributed by atoms with Crippen molar-refractivity contribution in [1.29, 1.82) is 0 Å². The molecule has 2 N–H and O–H groups in total. The molecule has 2 aromatic carbocycles. The normalized spacial score (nSPS) is 14.2. The molecular weight excluding hydrogens is 473 g/mol. The van der Waals surface area contributed by atoms with Crippen molar-refractivity contribution in [2.45, 2.75) is 26.2 Å². The topological polar surface area (TPSA) is 83.7 Å². The fourth-order valence-corrected chi connectivity index (χ4v) is 4.02. The highest BCUT2D eigenvalue weighted by molar-refractivity contribution is 6.36. The summed E-state index contributed by atoms with van der Waals surface area (Å²) in [6, 6.07) is 11.3. The molecule has 3 aromatic rings. The zero-order valence-electron chi connectivity index (χ0n) is 17.0. The molecule has 1 aromatic heterocycles. The van der Waals surface area contributed by atoms with E-state index in [0.717, 1.165) is 12.0 Å². The summed E-state index contributed by atoms with van der Waals surface area (Å²) in [4.78, 5) is 25.3. The van der Waals surface area contributed by atoms with Crippen molar-refractivity contribution < 1.29 is 14.0 Å². The van der Waals surface area contributed by atoms with E-state index in [0.29, 0.717) is 56.2 Å². The summed E-state index contributed by atoms with van der Waals surface area (Å²) < 4.78 is 5.88. The third-order valence-corrected chi connectivity index (χ3v) is 5.92. The van der Waals surface area contributed by atoms with Crippen LogP contribution in [-0.2, 0) is 6.42 Å². The summed E-state index contributed by atoms with van der Waals surface area (Å²) in [6.07, 6.45) is 2.11. The Morgan fingerprint density at radius 3 is 2.44 bits per heavy atom. The third kappa shape index (κ3) is 4.67. The molecule has 0 radical (unpaired) electrons. The summed E-state index contributed by atoms with van der Waals surface area (Å²) >= 11 is 18.0. The first-order valence-electron chi connectivity index (χ1n) is 9.85. The number of nitrogens with zero attached hydrogens (tertiary/aromatic N) is 1. The summed E-state index contributed by atoms with van der Waals surface area (Å²) in [7, 11) is 0. The van der Waals surface area contributed by atoms with Gasteiger partial charge in [0.2, 0.25) is 0 Å². The van der Waals surface area contributed by atoms with Crippen molar-refractivity contribution in [3.05, 3.63) is 85.7 Å². The molecule has 0 unspecified atom stereocenters. The van der Waals surface area contributed by atoms with E-state index in [1.165, 1.54) is 0 Å². The maximum absolute atomic E-state index is 12.9. The largest absolute Gasteiger partial charge is 0.455 e. The first-order valence-corrected chi connectivity index (χ1v) is 11.0. The van der Waals surface area contributed by atoms with Gasteiger partial charge in [-0.2, -0.15) is 5.10 Å². The zero-order chi connectivity index (χ0) is 22.8. The molecule has 0 saturated heterocycles. The average Bonchev–Trinajstić information content (AvgIpc) is 3.12. The van der Waals surface area contributed by atoms with E-state index in [1.807, 2.05) is 0 Å². The number of aryl methyl sites for hydroxylation is 1. The smallest absolute Gasteiger partial charge is 0.291 e. The number of carbonyl (C=O) groups excluding carboxylic acids is 2. The Morgan fingerprint density at radius 2 is 1.69 bits per heavy atom. The molecule has 164 valence electrons. The van der Waals surface area contributed by atoms with Gasteiger partial charge in [-0.25, -0.2) is 5.43 Å². The summed E-state index contributed by atoms with van der Waals surface area (Å²) in [6.45, 7) is 1.79. The molecule has 4 rings (SSSR count). The van der Waals surface area contributed by atoms with Crippen LogP contribution in [0.1, 0.15) is 50.6 Å². The molecule has 2 amide bonds. The molecule has 1 heterocycles. The Kier molecular flexibility index (Phi) is 6.55. The van der Waals surface area contributed by atoms with Gasteiger partial charge in [0.1, 0.15) is 5.76 Å². The van der Waals surface area contributed by atoms with Gasteiger partial charge in [-0.3, -0.25) is 9.59 Å². The maximum atomic E-state index is 12.9. The Labute approximate surface area is 199 Å². The van der Waals surface area contributed by atoms with E-state index in [-0.39, 0.29) is 11.7 Å². The quantitative estimate of drug-likeness (QED) is 0.423. The van der Waals surface area contributed by atoms with Crippen LogP contribution in [0.5, 0.6) is 0 Å². The van der Waals surface area contributed by atoms with Gasteiger partial charge in [-0.1, -0.05) is 34.8 Å². The zero-order valence-corrected chi connectivity index (χ0v) is 19.2. The fraction of sp³-hybridized carbons (Fsp3) is 0.174. The van der Waals surface area contributed by atoms with Crippen LogP contribution in [0.3, 0.4) is 0 Å². The number of rotatable bonds is 4. The number of carbonyl (C=O) groups is 2. The molecule has 1 aliphatic rings. The van der Waals surface area contributed by atoms with Gasteiger partial charge in [0.05, 0.1) is 16.4 Å². The number of hydrogen-bond acceptors (Lipinski definition) is 4. The van der Waals surface area contributed by atoms with Crippen molar-refractivity contribution in [3.8, 4) is 0 Å². The second-order valence-corrected chi connectivity index (χ2v) is 8.57. The van der Waals surface area contributed by atoms with Crippen molar-refractivity contribution in [1.82, 2.24) is 5.43 Å². The number of hydrogen-bond donors (Lipinski definition) is 2. The van der Waals surface area contributed by atoms with E-state index in [9.17, 15) is 9.59 Å². The summed E-state index contributed by atoms with van der Waals surface area (Å²) in [5, 5.41) is 8.42. The van der Waals surface area contributed by atoms with Crippen LogP contribution >= 0.6 is 34.8 Å². The molecule has 0 bridgehead atoms. The molecule has 0 atom stereocenters. The molecule has 6 nitrogen and oxygen atoms in total. The summed E-state index contributed by atoms with van der Waals surface area (Å²) in [5.41, 5.74) is 5.47. The standard InChI is InChI=1S/C23H18Cl3N3O3/c1-12-20-17(28-29-22(30)13-5-7-14(24)8-6-13)3-2-4-19(20)32-21(12)23(31)27-18-11-15(25)9-10-16(18)26/h5-11H,2-4H2,1H3,(H,27,31)(H,29,30)/b28-17+. The molecule has 9 heteroatoms. The lowest BCUT2D eigenvalue weighted by atomic mass is 9.93. The maximum Gasteiger partial charge on any atom is 0.291 e. The lowest BCUT2D eigenvalue weighted by molar-refractivity contribution is 0.0953. The molecule has 0 spiro atoms. The van der Waals surface area contributed by atoms with E-state index in [4.69, 9.17) is 39.2 Å². The monoisotopic (exact) mass is 489 g/mol. The van der Waals surface area contributed by atoms with Crippen molar-refractivity contribution in [3.63, 3.8) is 0 Å². The number of hydrazone groups is 1. The van der Waals surface area contributed by atoms with E-state index in [1.54, 1.807) is 49.4 Å². The number of nitrogens with one attached hydrogen (secondary N) is 2. The van der Waals surface area contributed by atoms with Gasteiger partial charge >= 0.3 is 0 Å². The van der Waals surface area contributed by atoms with Crippen LogP contribution in [0, 0.1) is 6.92 Å². The van der Waals surface area contributed by atoms with Crippen LogP contribution in [0.2, 0.25) is 15.1 Å². The van der Waals surface area contributed by atoms with Crippen molar-refractivity contribution >= 4 is 58.0 Å². The van der Waals surface area contributed by atoms with Gasteiger partial charge in [-0.15, -0.1) is 0 Å². The van der Waals surface area contributed by atoms with Crippen LogP contribution in [0.25, 0.3) is 0 Å². The van der Waals surface area contributed by atoms with Gasteiger partial charge in [0, 0.05) is 33.2 Å². The highest BCUT2D eigenvalue weighted by atomic mass is 35.5. The van der Waals surface area contributed by atoms with E-state index in [2.05, 4.69) is 15.8 Å². The molecule has 0 fully saturated rings. The SMILES string of the molecule is Cc1c(C(=O)Nc2cc(Cl)ccc2Cl)oc2c1/C(=N/NC(=O)c1ccc(Cl)cc1)CCC2. The predicted octanol–water partition coefficient (Wildman–Crippen LogP) is 6.27. The number of benzene rings is 2. The average molecular weight is 491 g/mol. The number of furan rings is 1. The Balaban J connectivity index is 1.57. The Bertz CT molecular complexity index is 1230. The number of anilines is 1. The van der Waals surface area contributed by atoms with E-state index < -0.39 is 5.91 Å². The van der Waals surface area contributed by atoms with Gasteiger partial charge in [0.15, 0.2) is 5.76 Å². The van der Waals surface area contributed by atoms with Crippen LogP contribution < -0.4 is 10.7 Å². The molecule has 0 saturated carbocycles. The fourth-order valence-electron chi connectivity index (χ4n) is 3.55. The second kappa shape index (κ2) is 9.36.